The highest BCUT2D eigenvalue weighted by Gasteiger charge is 2.16. The summed E-state index contributed by atoms with van der Waals surface area (Å²) in [5.74, 6) is -0.494. The average Bonchev–Trinajstić information content (AvgIpc) is 2.51. The van der Waals surface area contributed by atoms with E-state index >= 15 is 0 Å². The van der Waals surface area contributed by atoms with Crippen molar-refractivity contribution in [2.75, 3.05) is 18.4 Å². The Bertz CT molecular complexity index is 838. The maximum absolute atomic E-state index is 13.0. The summed E-state index contributed by atoms with van der Waals surface area (Å²) < 4.78 is 39.8. The van der Waals surface area contributed by atoms with Crippen LogP contribution in [0.1, 0.15) is 5.56 Å². The van der Waals surface area contributed by atoms with Crippen LogP contribution in [0.4, 0.5) is 15.8 Å². The molecular weight excluding hydrogens is 337 g/mol. The van der Waals surface area contributed by atoms with Gasteiger partial charge in [0.1, 0.15) is 5.82 Å². The van der Waals surface area contributed by atoms with Crippen molar-refractivity contribution < 1.29 is 17.7 Å². The van der Waals surface area contributed by atoms with Gasteiger partial charge in [-0.25, -0.2) is 17.5 Å². The van der Waals surface area contributed by atoms with Crippen molar-refractivity contribution in [1.29, 1.82) is 0 Å². The second-order valence-electron chi connectivity index (χ2n) is 5.04. The first-order chi connectivity index (χ1) is 11.3. The van der Waals surface area contributed by atoms with Crippen LogP contribution in [-0.2, 0) is 10.0 Å². The number of nitro benzene ring substituents is 1. The van der Waals surface area contributed by atoms with Crippen molar-refractivity contribution in [1.82, 2.24) is 4.72 Å². The molecule has 0 fully saturated rings. The number of rotatable bonds is 7. The second kappa shape index (κ2) is 7.37. The first-order valence-electron chi connectivity index (χ1n) is 7.04. The molecule has 128 valence electrons. The molecule has 9 heteroatoms. The van der Waals surface area contributed by atoms with Crippen molar-refractivity contribution >= 4 is 21.4 Å². The van der Waals surface area contributed by atoms with Gasteiger partial charge in [0.25, 0.3) is 5.69 Å². The average molecular weight is 353 g/mol. The van der Waals surface area contributed by atoms with E-state index in [-0.39, 0.29) is 23.7 Å². The number of aryl methyl sites for hydroxylation is 1. The summed E-state index contributed by atoms with van der Waals surface area (Å²) in [6.07, 6.45) is 0. The van der Waals surface area contributed by atoms with Crippen molar-refractivity contribution in [2.45, 2.75) is 11.8 Å². The minimum atomic E-state index is -3.73. The molecule has 0 heterocycles. The van der Waals surface area contributed by atoms with Crippen molar-refractivity contribution in [3.05, 3.63) is 64.0 Å². The first-order valence-corrected chi connectivity index (χ1v) is 8.52. The molecule has 0 aromatic heterocycles. The third-order valence-electron chi connectivity index (χ3n) is 3.25. The number of sulfonamides is 1. The predicted octanol–water partition coefficient (Wildman–Crippen LogP) is 2.43. The van der Waals surface area contributed by atoms with Gasteiger partial charge in [-0.1, -0.05) is 0 Å². The molecule has 0 amide bonds. The minimum absolute atomic E-state index is 0.0203. The van der Waals surface area contributed by atoms with E-state index in [1.54, 1.807) is 0 Å². The summed E-state index contributed by atoms with van der Waals surface area (Å²) in [5, 5.41) is 13.5. The Morgan fingerprint density at radius 3 is 2.38 bits per heavy atom. The summed E-state index contributed by atoms with van der Waals surface area (Å²) in [6.45, 7) is 1.92. The van der Waals surface area contributed by atoms with Crippen LogP contribution in [0.25, 0.3) is 0 Å². The molecule has 2 aromatic carbocycles. The van der Waals surface area contributed by atoms with Crippen LogP contribution in [0.15, 0.2) is 47.4 Å². The summed E-state index contributed by atoms with van der Waals surface area (Å²) in [4.78, 5) is 10.1. The molecule has 0 spiro atoms. The number of halogens is 1. The Morgan fingerprint density at radius 2 is 1.79 bits per heavy atom. The van der Waals surface area contributed by atoms with E-state index in [1.165, 1.54) is 37.3 Å². The van der Waals surface area contributed by atoms with Crippen LogP contribution in [0, 0.1) is 22.9 Å². The van der Waals surface area contributed by atoms with Crippen LogP contribution < -0.4 is 10.0 Å². The number of non-ortho nitro benzene ring substituents is 1. The molecule has 0 saturated heterocycles. The lowest BCUT2D eigenvalue weighted by Gasteiger charge is -2.10. The Morgan fingerprint density at radius 1 is 1.12 bits per heavy atom. The van der Waals surface area contributed by atoms with E-state index < -0.39 is 20.8 Å². The lowest BCUT2D eigenvalue weighted by atomic mass is 10.2. The fourth-order valence-corrected chi connectivity index (χ4v) is 3.34. The smallest absolute Gasteiger partial charge is 0.269 e. The summed E-state index contributed by atoms with van der Waals surface area (Å²) in [5.41, 5.74) is 0.941. The Hall–Kier alpha value is -2.52. The van der Waals surface area contributed by atoms with Gasteiger partial charge in [0.15, 0.2) is 0 Å². The molecule has 0 bridgehead atoms. The standard InChI is InChI=1S/C15H16FN3O4S/c1-11-10-12(16)2-7-15(11)24(22,23)18-9-8-17-13-3-5-14(6-4-13)19(20)21/h2-7,10,17-18H,8-9H2,1H3. The molecule has 2 aromatic rings. The molecule has 0 aliphatic heterocycles. The van der Waals surface area contributed by atoms with Crippen LogP contribution in [0.5, 0.6) is 0 Å². The van der Waals surface area contributed by atoms with E-state index in [0.29, 0.717) is 11.3 Å². The third-order valence-corrected chi connectivity index (χ3v) is 4.87. The monoisotopic (exact) mass is 353 g/mol. The van der Waals surface area contributed by atoms with E-state index in [2.05, 4.69) is 10.0 Å². The molecule has 0 unspecified atom stereocenters. The topological polar surface area (TPSA) is 101 Å². The number of anilines is 1. The van der Waals surface area contributed by atoms with Gasteiger partial charge in [0, 0.05) is 30.9 Å². The molecule has 24 heavy (non-hydrogen) atoms. The molecule has 0 aliphatic rings. The number of nitrogens with zero attached hydrogens (tertiary/aromatic N) is 1. The Labute approximate surface area is 138 Å². The molecule has 0 atom stereocenters. The van der Waals surface area contributed by atoms with Gasteiger partial charge in [-0.2, -0.15) is 0 Å². The summed E-state index contributed by atoms with van der Waals surface area (Å²) in [7, 11) is -3.73. The lowest BCUT2D eigenvalue weighted by molar-refractivity contribution is -0.384. The molecular formula is C15H16FN3O4S. The number of nitrogens with one attached hydrogen (secondary N) is 2. The zero-order valence-electron chi connectivity index (χ0n) is 12.8. The largest absolute Gasteiger partial charge is 0.384 e. The highest BCUT2D eigenvalue weighted by Crippen LogP contribution is 2.16. The number of hydrogen-bond donors (Lipinski definition) is 2. The highest BCUT2D eigenvalue weighted by atomic mass is 32.2. The highest BCUT2D eigenvalue weighted by molar-refractivity contribution is 7.89. The van der Waals surface area contributed by atoms with Gasteiger partial charge in [-0.15, -0.1) is 0 Å². The van der Waals surface area contributed by atoms with Gasteiger partial charge < -0.3 is 5.32 Å². The summed E-state index contributed by atoms with van der Waals surface area (Å²) in [6, 6.07) is 9.26. The first kappa shape index (κ1) is 17.8. The maximum atomic E-state index is 13.0. The van der Waals surface area contributed by atoms with Crippen LogP contribution >= 0.6 is 0 Å². The molecule has 2 rings (SSSR count). The van der Waals surface area contributed by atoms with Gasteiger partial charge in [0.2, 0.25) is 10.0 Å². The summed E-state index contributed by atoms with van der Waals surface area (Å²) >= 11 is 0. The molecule has 7 nitrogen and oxygen atoms in total. The normalized spacial score (nSPS) is 11.2. The van der Waals surface area contributed by atoms with E-state index in [1.807, 2.05) is 0 Å². The fraction of sp³-hybridized carbons (Fsp3) is 0.200. The van der Waals surface area contributed by atoms with E-state index in [0.717, 1.165) is 12.1 Å². The maximum Gasteiger partial charge on any atom is 0.269 e. The molecule has 0 radical (unpaired) electrons. The van der Waals surface area contributed by atoms with Crippen molar-refractivity contribution in [3.63, 3.8) is 0 Å². The Balaban J connectivity index is 1.90. The van der Waals surface area contributed by atoms with Gasteiger partial charge in [-0.3, -0.25) is 10.1 Å². The number of nitro groups is 1. The number of benzene rings is 2. The quantitative estimate of drug-likeness (QED) is 0.452. The lowest BCUT2D eigenvalue weighted by Crippen LogP contribution is -2.29. The van der Waals surface area contributed by atoms with Gasteiger partial charge >= 0.3 is 0 Å². The second-order valence-corrected chi connectivity index (χ2v) is 6.77. The molecule has 0 aliphatic carbocycles. The zero-order valence-corrected chi connectivity index (χ0v) is 13.6. The van der Waals surface area contributed by atoms with Crippen molar-refractivity contribution in [2.24, 2.45) is 0 Å². The van der Waals surface area contributed by atoms with Crippen molar-refractivity contribution in [3.8, 4) is 0 Å². The molecule has 0 saturated carbocycles. The van der Waals surface area contributed by atoms with Gasteiger partial charge in [0.05, 0.1) is 9.82 Å². The minimum Gasteiger partial charge on any atom is -0.384 e. The van der Waals surface area contributed by atoms with Gasteiger partial charge in [-0.05, 0) is 42.8 Å². The zero-order chi connectivity index (χ0) is 17.7. The van der Waals surface area contributed by atoms with Crippen LogP contribution in [0.3, 0.4) is 0 Å². The Kier molecular flexibility index (Phi) is 5.47. The van der Waals surface area contributed by atoms with Crippen LogP contribution in [0.2, 0.25) is 0 Å². The van der Waals surface area contributed by atoms with E-state index in [4.69, 9.17) is 0 Å². The third kappa shape index (κ3) is 4.49. The SMILES string of the molecule is Cc1cc(F)ccc1S(=O)(=O)NCCNc1ccc([N+](=O)[O-])cc1. The molecule has 2 N–H and O–H groups in total. The van der Waals surface area contributed by atoms with E-state index in [9.17, 15) is 22.9 Å². The predicted molar refractivity (Wildman–Crippen MR) is 87.9 cm³/mol. The van der Waals surface area contributed by atoms with Crippen LogP contribution in [-0.4, -0.2) is 26.4 Å². The fourth-order valence-electron chi connectivity index (χ4n) is 2.09. The number of hydrogen-bond acceptors (Lipinski definition) is 5.